The van der Waals surface area contributed by atoms with Crippen molar-refractivity contribution in [3.8, 4) is 0 Å². The van der Waals surface area contributed by atoms with Gasteiger partial charge in [-0.2, -0.15) is 5.10 Å². The van der Waals surface area contributed by atoms with Crippen LogP contribution in [0.15, 0.2) is 6.07 Å². The summed E-state index contributed by atoms with van der Waals surface area (Å²) in [5.74, 6) is -0.970. The van der Waals surface area contributed by atoms with Gasteiger partial charge in [-0.05, 0) is 24.8 Å². The van der Waals surface area contributed by atoms with Crippen molar-refractivity contribution in [2.75, 3.05) is 7.05 Å². The van der Waals surface area contributed by atoms with Crippen molar-refractivity contribution in [3.05, 3.63) is 17.5 Å². The lowest BCUT2D eigenvalue weighted by atomic mass is 9.80. The smallest absolute Gasteiger partial charge is 0.329 e. The summed E-state index contributed by atoms with van der Waals surface area (Å²) in [6.45, 7) is 4.07. The largest absolute Gasteiger partial charge is 0.479 e. The number of carbonyl (C=O) groups is 2. The van der Waals surface area contributed by atoms with E-state index in [-0.39, 0.29) is 11.8 Å². The molecule has 0 atom stereocenters. The molecule has 1 amide bonds. The maximum absolute atomic E-state index is 12.7. The Morgan fingerprint density at radius 1 is 1.32 bits per heavy atom. The Morgan fingerprint density at radius 2 is 1.91 bits per heavy atom. The lowest BCUT2D eigenvalue weighted by Crippen LogP contribution is -2.56. The molecule has 1 aliphatic rings. The van der Waals surface area contributed by atoms with Crippen LogP contribution in [0.5, 0.6) is 0 Å². The number of nitrogens with zero attached hydrogens (tertiary/aromatic N) is 3. The number of aliphatic carboxylic acids is 1. The molecule has 0 unspecified atom stereocenters. The van der Waals surface area contributed by atoms with E-state index < -0.39 is 11.5 Å². The number of aryl methyl sites for hydroxylation is 1. The second-order valence-corrected chi connectivity index (χ2v) is 6.49. The van der Waals surface area contributed by atoms with Gasteiger partial charge in [0.2, 0.25) is 0 Å². The van der Waals surface area contributed by atoms with Gasteiger partial charge in [0.15, 0.2) is 5.69 Å². The van der Waals surface area contributed by atoms with Crippen LogP contribution < -0.4 is 0 Å². The average Bonchev–Trinajstić information content (AvgIpc) is 2.88. The molecule has 1 aromatic rings. The van der Waals surface area contributed by atoms with Crippen LogP contribution in [-0.2, 0) is 11.8 Å². The fraction of sp³-hybridized carbons (Fsp3) is 0.688. The van der Waals surface area contributed by atoms with Crippen molar-refractivity contribution in [3.63, 3.8) is 0 Å². The van der Waals surface area contributed by atoms with E-state index in [4.69, 9.17) is 0 Å². The molecule has 1 N–H and O–H groups in total. The summed E-state index contributed by atoms with van der Waals surface area (Å²) in [5, 5.41) is 14.0. The molecular weight excluding hydrogens is 282 g/mol. The third kappa shape index (κ3) is 2.74. The van der Waals surface area contributed by atoms with Crippen LogP contribution in [0.4, 0.5) is 0 Å². The molecule has 0 radical (unpaired) electrons. The molecule has 1 aliphatic carbocycles. The van der Waals surface area contributed by atoms with Crippen LogP contribution in [0, 0.1) is 0 Å². The molecule has 0 aromatic carbocycles. The van der Waals surface area contributed by atoms with E-state index in [2.05, 4.69) is 5.10 Å². The standard InChI is InChI=1S/C16H25N3O3/c1-11(2)13-10-12(17-19(13)4)14(20)18(3)16(15(21)22)8-6-5-7-9-16/h10-11H,5-9H2,1-4H3,(H,21,22). The highest BCUT2D eigenvalue weighted by Gasteiger charge is 2.46. The van der Waals surface area contributed by atoms with Crippen molar-refractivity contribution in [2.24, 2.45) is 7.05 Å². The molecule has 1 saturated carbocycles. The van der Waals surface area contributed by atoms with Gasteiger partial charge in [-0.3, -0.25) is 9.48 Å². The molecule has 0 saturated heterocycles. The molecule has 122 valence electrons. The van der Waals surface area contributed by atoms with Gasteiger partial charge in [0.05, 0.1) is 0 Å². The lowest BCUT2D eigenvalue weighted by Gasteiger charge is -2.40. The highest BCUT2D eigenvalue weighted by molar-refractivity contribution is 5.96. The van der Waals surface area contributed by atoms with Crippen LogP contribution in [0.1, 0.15) is 68.1 Å². The van der Waals surface area contributed by atoms with Crippen LogP contribution in [0.25, 0.3) is 0 Å². The summed E-state index contributed by atoms with van der Waals surface area (Å²) in [5.41, 5.74) is 0.190. The van der Waals surface area contributed by atoms with Gasteiger partial charge in [0.1, 0.15) is 5.54 Å². The molecule has 22 heavy (non-hydrogen) atoms. The van der Waals surface area contributed by atoms with E-state index in [0.717, 1.165) is 25.0 Å². The molecule has 6 heteroatoms. The summed E-state index contributed by atoms with van der Waals surface area (Å²) < 4.78 is 1.69. The zero-order valence-corrected chi connectivity index (χ0v) is 13.8. The number of rotatable bonds is 4. The Balaban J connectivity index is 2.31. The van der Waals surface area contributed by atoms with Gasteiger partial charge in [0.25, 0.3) is 5.91 Å². The first-order valence-corrected chi connectivity index (χ1v) is 7.85. The average molecular weight is 307 g/mol. The van der Waals surface area contributed by atoms with Crippen LogP contribution in [0.2, 0.25) is 0 Å². The van der Waals surface area contributed by atoms with Gasteiger partial charge < -0.3 is 10.0 Å². The molecule has 1 aromatic heterocycles. The number of hydrogen-bond donors (Lipinski definition) is 1. The first-order chi connectivity index (χ1) is 10.3. The van der Waals surface area contributed by atoms with E-state index in [1.165, 1.54) is 4.90 Å². The number of likely N-dealkylation sites (N-methyl/N-ethyl adjacent to an activating group) is 1. The minimum atomic E-state index is -1.09. The van der Waals surface area contributed by atoms with Crippen LogP contribution in [-0.4, -0.2) is 44.3 Å². The Bertz CT molecular complexity index is 571. The zero-order valence-electron chi connectivity index (χ0n) is 13.8. The molecule has 2 rings (SSSR count). The second kappa shape index (κ2) is 6.10. The topological polar surface area (TPSA) is 75.4 Å². The predicted octanol–water partition coefficient (Wildman–Crippen LogP) is 2.40. The highest BCUT2D eigenvalue weighted by atomic mass is 16.4. The molecule has 0 aliphatic heterocycles. The van der Waals surface area contributed by atoms with E-state index in [1.54, 1.807) is 24.8 Å². The van der Waals surface area contributed by atoms with E-state index in [1.807, 2.05) is 13.8 Å². The quantitative estimate of drug-likeness (QED) is 0.927. The zero-order chi connectivity index (χ0) is 16.5. The minimum absolute atomic E-state index is 0.257. The number of carboxylic acid groups (broad SMARTS) is 1. The maximum atomic E-state index is 12.7. The fourth-order valence-electron chi connectivity index (χ4n) is 3.32. The Hall–Kier alpha value is -1.85. The Kier molecular flexibility index (Phi) is 4.58. The number of aromatic nitrogens is 2. The normalized spacial score (nSPS) is 17.5. The van der Waals surface area contributed by atoms with Gasteiger partial charge >= 0.3 is 5.97 Å². The number of carbonyl (C=O) groups excluding carboxylic acids is 1. The first kappa shape index (κ1) is 16.5. The highest BCUT2D eigenvalue weighted by Crippen LogP contribution is 2.34. The van der Waals surface area contributed by atoms with Crippen molar-refractivity contribution in [1.82, 2.24) is 14.7 Å². The predicted molar refractivity (Wildman–Crippen MR) is 82.8 cm³/mol. The fourth-order valence-corrected chi connectivity index (χ4v) is 3.32. The lowest BCUT2D eigenvalue weighted by molar-refractivity contribution is -0.151. The molecule has 1 fully saturated rings. The van der Waals surface area contributed by atoms with E-state index in [0.29, 0.717) is 18.5 Å². The summed E-state index contributed by atoms with van der Waals surface area (Å²) in [7, 11) is 3.39. The third-order valence-electron chi connectivity index (χ3n) is 4.75. The molecule has 1 heterocycles. The first-order valence-electron chi connectivity index (χ1n) is 7.85. The SMILES string of the molecule is CC(C)c1cc(C(=O)N(C)C2(C(=O)O)CCCCC2)nn1C. The van der Waals surface area contributed by atoms with Crippen molar-refractivity contribution in [2.45, 2.75) is 57.4 Å². The monoisotopic (exact) mass is 307 g/mol. The number of amides is 1. The summed E-state index contributed by atoms with van der Waals surface area (Å²) in [6, 6.07) is 1.77. The summed E-state index contributed by atoms with van der Waals surface area (Å²) in [4.78, 5) is 25.9. The maximum Gasteiger partial charge on any atom is 0.329 e. The van der Waals surface area contributed by atoms with Crippen LogP contribution in [0.3, 0.4) is 0 Å². The van der Waals surface area contributed by atoms with Crippen molar-refractivity contribution in [1.29, 1.82) is 0 Å². The van der Waals surface area contributed by atoms with Gasteiger partial charge in [-0.1, -0.05) is 33.1 Å². The van der Waals surface area contributed by atoms with Gasteiger partial charge in [0, 0.05) is 19.8 Å². The molecule has 0 spiro atoms. The number of carboxylic acids is 1. The van der Waals surface area contributed by atoms with Crippen molar-refractivity contribution >= 4 is 11.9 Å². The van der Waals surface area contributed by atoms with Crippen molar-refractivity contribution < 1.29 is 14.7 Å². The molecular formula is C16H25N3O3. The van der Waals surface area contributed by atoms with E-state index in [9.17, 15) is 14.7 Å². The Labute approximate surface area is 131 Å². The third-order valence-corrected chi connectivity index (χ3v) is 4.75. The van der Waals surface area contributed by atoms with Crippen LogP contribution >= 0.6 is 0 Å². The molecule has 6 nitrogen and oxygen atoms in total. The Morgan fingerprint density at radius 3 is 2.36 bits per heavy atom. The summed E-state index contributed by atoms with van der Waals surface area (Å²) in [6.07, 6.45) is 3.72. The number of hydrogen-bond acceptors (Lipinski definition) is 3. The van der Waals surface area contributed by atoms with Gasteiger partial charge in [-0.25, -0.2) is 4.79 Å². The van der Waals surface area contributed by atoms with E-state index >= 15 is 0 Å². The second-order valence-electron chi connectivity index (χ2n) is 6.49. The van der Waals surface area contributed by atoms with Gasteiger partial charge in [-0.15, -0.1) is 0 Å². The summed E-state index contributed by atoms with van der Waals surface area (Å²) >= 11 is 0. The minimum Gasteiger partial charge on any atom is -0.479 e. The molecule has 0 bridgehead atoms.